The van der Waals surface area contributed by atoms with Crippen LogP contribution in [0, 0.1) is 6.92 Å². The number of aliphatic carboxylic acids is 1. The van der Waals surface area contributed by atoms with E-state index < -0.39 is 11.4 Å². The van der Waals surface area contributed by atoms with Crippen LogP contribution in [0.2, 0.25) is 0 Å². The number of aryl methyl sites for hydroxylation is 1. The second-order valence-electron chi connectivity index (χ2n) is 10.6. The number of aromatic nitrogens is 2. The Morgan fingerprint density at radius 3 is 2.30 bits per heavy atom. The lowest BCUT2D eigenvalue weighted by Crippen LogP contribution is -2.28. The second-order valence-corrected chi connectivity index (χ2v) is 10.6. The first kappa shape index (κ1) is 26.1. The second kappa shape index (κ2) is 10.2. The van der Waals surface area contributed by atoms with E-state index in [1.807, 2.05) is 68.4 Å². The highest BCUT2D eigenvalue weighted by molar-refractivity contribution is 5.97. The molecule has 192 valence electrons. The van der Waals surface area contributed by atoms with Crippen molar-refractivity contribution in [1.82, 2.24) is 14.9 Å². The Labute approximate surface area is 218 Å². The Morgan fingerprint density at radius 2 is 1.65 bits per heavy atom. The quantitative estimate of drug-likeness (QED) is 0.296. The van der Waals surface area contributed by atoms with E-state index in [2.05, 4.69) is 35.9 Å². The zero-order valence-corrected chi connectivity index (χ0v) is 22.4. The molecule has 0 unspecified atom stereocenters. The lowest BCUT2D eigenvalue weighted by Gasteiger charge is -2.20. The summed E-state index contributed by atoms with van der Waals surface area (Å²) in [6.45, 7) is 12.3. The number of carbonyl (C=O) groups is 2. The molecule has 0 aliphatic carbocycles. The van der Waals surface area contributed by atoms with E-state index in [-0.39, 0.29) is 11.9 Å². The van der Waals surface area contributed by atoms with E-state index in [0.717, 1.165) is 33.5 Å². The molecule has 1 heterocycles. The van der Waals surface area contributed by atoms with Crippen LogP contribution in [0.5, 0.6) is 0 Å². The minimum absolute atomic E-state index is 0.115. The van der Waals surface area contributed by atoms with E-state index in [1.54, 1.807) is 13.8 Å². The maximum Gasteiger partial charge on any atom is 0.313 e. The molecular formula is C31H35N3O3. The molecule has 0 aliphatic heterocycles. The van der Waals surface area contributed by atoms with E-state index in [1.165, 1.54) is 5.56 Å². The Morgan fingerprint density at radius 1 is 0.973 bits per heavy atom. The lowest BCUT2D eigenvalue weighted by molar-refractivity contribution is -0.142. The first-order chi connectivity index (χ1) is 17.5. The highest BCUT2D eigenvalue weighted by atomic mass is 16.4. The molecule has 0 spiro atoms. The van der Waals surface area contributed by atoms with Crippen LogP contribution < -0.4 is 5.32 Å². The minimum atomic E-state index is -0.943. The van der Waals surface area contributed by atoms with Gasteiger partial charge in [0.15, 0.2) is 0 Å². The van der Waals surface area contributed by atoms with Crippen LogP contribution in [0.4, 0.5) is 0 Å². The maximum absolute atomic E-state index is 13.0. The summed E-state index contributed by atoms with van der Waals surface area (Å²) >= 11 is 0. The molecule has 0 bridgehead atoms. The molecule has 2 N–H and O–H groups in total. The van der Waals surface area contributed by atoms with Crippen molar-refractivity contribution < 1.29 is 14.7 Å². The van der Waals surface area contributed by atoms with Gasteiger partial charge in [-0.15, -0.1) is 0 Å². The molecule has 3 aromatic carbocycles. The number of benzene rings is 3. The van der Waals surface area contributed by atoms with Crippen LogP contribution in [0.15, 0.2) is 66.7 Å². The number of carboxylic acid groups (broad SMARTS) is 1. The van der Waals surface area contributed by atoms with Gasteiger partial charge in [-0.25, -0.2) is 4.98 Å². The number of imidazole rings is 1. The number of carbonyl (C=O) groups excluding carboxylic acids is 1. The molecule has 37 heavy (non-hydrogen) atoms. The van der Waals surface area contributed by atoms with Gasteiger partial charge in [-0.2, -0.15) is 0 Å². The van der Waals surface area contributed by atoms with Crippen LogP contribution >= 0.6 is 0 Å². The standard InChI is InChI=1S/C31H35N3O3/c1-19(2)23-8-7-9-24(16-23)20(3)32-29(35)25-12-15-28-27(17-25)33-21(4)34(28)18-22-10-13-26(14-11-22)31(5,6)30(36)37/h7-17,19-20H,18H2,1-6H3,(H,32,35)(H,36,37)/t20-/m0/s1. The fourth-order valence-electron chi connectivity index (χ4n) is 4.47. The Hall–Kier alpha value is -3.93. The molecular weight excluding hydrogens is 462 g/mol. The Kier molecular flexibility index (Phi) is 7.21. The predicted octanol–water partition coefficient (Wildman–Crippen LogP) is 6.37. The monoisotopic (exact) mass is 497 g/mol. The molecule has 0 radical (unpaired) electrons. The largest absolute Gasteiger partial charge is 0.481 e. The van der Waals surface area contributed by atoms with E-state index in [9.17, 15) is 14.7 Å². The van der Waals surface area contributed by atoms with Crippen LogP contribution in [0.1, 0.15) is 85.0 Å². The topological polar surface area (TPSA) is 84.2 Å². The van der Waals surface area contributed by atoms with Gasteiger partial charge in [0.2, 0.25) is 0 Å². The number of amides is 1. The van der Waals surface area contributed by atoms with Gasteiger partial charge >= 0.3 is 5.97 Å². The van der Waals surface area contributed by atoms with Gasteiger partial charge in [-0.1, -0.05) is 62.4 Å². The first-order valence-electron chi connectivity index (χ1n) is 12.7. The summed E-state index contributed by atoms with van der Waals surface area (Å²) in [5.74, 6) is 0.294. The minimum Gasteiger partial charge on any atom is -0.481 e. The van der Waals surface area contributed by atoms with Gasteiger partial charge in [0, 0.05) is 12.1 Å². The third-order valence-electron chi connectivity index (χ3n) is 7.18. The molecule has 4 rings (SSSR count). The van der Waals surface area contributed by atoms with Gasteiger partial charge in [0.1, 0.15) is 5.82 Å². The summed E-state index contributed by atoms with van der Waals surface area (Å²) in [7, 11) is 0. The first-order valence-corrected chi connectivity index (χ1v) is 12.7. The van der Waals surface area contributed by atoms with Crippen LogP contribution in [0.25, 0.3) is 11.0 Å². The normalized spacial score (nSPS) is 12.6. The van der Waals surface area contributed by atoms with Gasteiger partial charge in [0.25, 0.3) is 5.91 Å². The number of nitrogens with one attached hydrogen (secondary N) is 1. The van der Waals surface area contributed by atoms with Gasteiger partial charge in [0.05, 0.1) is 22.5 Å². The zero-order valence-electron chi connectivity index (χ0n) is 22.4. The number of carboxylic acids is 1. The highest BCUT2D eigenvalue weighted by Crippen LogP contribution is 2.25. The Balaban J connectivity index is 1.52. The number of rotatable bonds is 8. The molecule has 1 atom stereocenters. The van der Waals surface area contributed by atoms with Crippen molar-refractivity contribution in [3.8, 4) is 0 Å². The summed E-state index contributed by atoms with van der Waals surface area (Å²) < 4.78 is 2.11. The van der Waals surface area contributed by atoms with E-state index in [0.29, 0.717) is 18.0 Å². The maximum atomic E-state index is 13.0. The molecule has 1 amide bonds. The van der Waals surface area contributed by atoms with E-state index >= 15 is 0 Å². The molecule has 0 saturated heterocycles. The molecule has 6 heteroatoms. The van der Waals surface area contributed by atoms with Gasteiger partial charge in [-0.05, 0) is 74.1 Å². The smallest absolute Gasteiger partial charge is 0.313 e. The predicted molar refractivity (Wildman–Crippen MR) is 147 cm³/mol. The van der Waals surface area contributed by atoms with Crippen LogP contribution in [0.3, 0.4) is 0 Å². The average Bonchev–Trinajstić information content (AvgIpc) is 3.18. The zero-order chi connectivity index (χ0) is 26.9. The molecule has 0 saturated carbocycles. The highest BCUT2D eigenvalue weighted by Gasteiger charge is 2.29. The van der Waals surface area contributed by atoms with Crippen molar-refractivity contribution in [2.24, 2.45) is 0 Å². The van der Waals surface area contributed by atoms with Crippen molar-refractivity contribution >= 4 is 22.9 Å². The SMILES string of the molecule is Cc1nc2cc(C(=O)N[C@@H](C)c3cccc(C(C)C)c3)ccc2n1Cc1ccc(C(C)(C)C(=O)O)cc1. The van der Waals surface area contributed by atoms with Crippen molar-refractivity contribution in [3.63, 3.8) is 0 Å². The fraction of sp³-hybridized carbons (Fsp3) is 0.323. The van der Waals surface area contributed by atoms with Crippen LogP contribution in [-0.4, -0.2) is 26.5 Å². The molecule has 0 aliphatic rings. The summed E-state index contributed by atoms with van der Waals surface area (Å²) in [5, 5.41) is 12.6. The number of fused-ring (bicyclic) bond motifs is 1. The summed E-state index contributed by atoms with van der Waals surface area (Å²) in [6, 6.07) is 21.5. The summed E-state index contributed by atoms with van der Waals surface area (Å²) in [5.41, 5.74) is 5.49. The number of hydrogen-bond donors (Lipinski definition) is 2. The fourth-order valence-corrected chi connectivity index (χ4v) is 4.47. The molecule has 6 nitrogen and oxygen atoms in total. The average molecular weight is 498 g/mol. The van der Waals surface area contributed by atoms with Crippen LogP contribution in [-0.2, 0) is 16.8 Å². The third kappa shape index (κ3) is 5.43. The van der Waals surface area contributed by atoms with Gasteiger partial charge < -0.3 is 15.0 Å². The number of nitrogens with zero attached hydrogens (tertiary/aromatic N) is 2. The summed E-state index contributed by atoms with van der Waals surface area (Å²) in [6.07, 6.45) is 0. The van der Waals surface area contributed by atoms with Crippen molar-refractivity contribution in [2.45, 2.75) is 65.5 Å². The van der Waals surface area contributed by atoms with Crippen molar-refractivity contribution in [1.29, 1.82) is 0 Å². The van der Waals surface area contributed by atoms with Gasteiger partial charge in [-0.3, -0.25) is 9.59 Å². The van der Waals surface area contributed by atoms with Crippen molar-refractivity contribution in [3.05, 3.63) is 100 Å². The third-order valence-corrected chi connectivity index (χ3v) is 7.18. The molecule has 0 fully saturated rings. The Bertz CT molecular complexity index is 1450. The molecule has 4 aromatic rings. The molecule has 1 aromatic heterocycles. The lowest BCUT2D eigenvalue weighted by atomic mass is 9.84. The van der Waals surface area contributed by atoms with Crippen molar-refractivity contribution in [2.75, 3.05) is 0 Å². The summed E-state index contributed by atoms with van der Waals surface area (Å²) in [4.78, 5) is 29.3. The number of hydrogen-bond acceptors (Lipinski definition) is 3. The van der Waals surface area contributed by atoms with E-state index in [4.69, 9.17) is 4.98 Å².